The molecule has 3 aliphatic rings. The van der Waals surface area contributed by atoms with Gasteiger partial charge in [0.05, 0.1) is 18.8 Å². The van der Waals surface area contributed by atoms with E-state index in [4.69, 9.17) is 14.2 Å². The number of carbonyl (C=O) groups is 1. The highest BCUT2D eigenvalue weighted by Gasteiger charge is 2.39. The van der Waals surface area contributed by atoms with E-state index in [1.807, 2.05) is 24.0 Å². The van der Waals surface area contributed by atoms with Gasteiger partial charge in [-0.2, -0.15) is 12.7 Å². The summed E-state index contributed by atoms with van der Waals surface area (Å²) in [5.74, 6) is 0.990. The van der Waals surface area contributed by atoms with Crippen LogP contribution in [0.15, 0.2) is 42.5 Å². The maximum Gasteiger partial charge on any atom is 0.301 e. The average molecular weight is 544 g/mol. The summed E-state index contributed by atoms with van der Waals surface area (Å²) in [5.41, 5.74) is 3.34. The molecule has 0 radical (unpaired) electrons. The van der Waals surface area contributed by atoms with Crippen molar-refractivity contribution in [1.29, 1.82) is 0 Å². The Labute approximate surface area is 225 Å². The van der Waals surface area contributed by atoms with E-state index >= 15 is 0 Å². The van der Waals surface area contributed by atoms with Gasteiger partial charge in [0.25, 0.3) is 5.91 Å². The molecule has 1 N–H and O–H groups in total. The maximum atomic E-state index is 13.6. The number of hydrogen-bond acceptors (Lipinski definition) is 6. The first-order chi connectivity index (χ1) is 18.3. The lowest BCUT2D eigenvalue weighted by atomic mass is 9.97. The molecule has 5 rings (SSSR count). The zero-order valence-electron chi connectivity index (χ0n) is 22.3. The molecule has 2 saturated heterocycles. The van der Waals surface area contributed by atoms with Gasteiger partial charge in [-0.15, -0.1) is 0 Å². The van der Waals surface area contributed by atoms with E-state index in [2.05, 4.69) is 10.8 Å². The molecule has 0 bridgehead atoms. The standard InChI is InChI=1S/C28H37N3O6S/c1-19-6-4-9-24(20-10-11-20)27(19)28(32)31-17-25(35-3)26(18-31)37-23-8-5-7-21(16-23)29-38(33,34)30(2)22-12-14-36-15-13-22/h4-9,16,20,22,25-26,29H,10-15,17-18H2,1-3H3. The first-order valence-electron chi connectivity index (χ1n) is 13.3. The van der Waals surface area contributed by atoms with Crippen molar-refractivity contribution in [3.05, 3.63) is 59.2 Å². The fourth-order valence-electron chi connectivity index (χ4n) is 5.40. The van der Waals surface area contributed by atoms with Crippen LogP contribution in [0.5, 0.6) is 5.75 Å². The van der Waals surface area contributed by atoms with Crippen LogP contribution in [0, 0.1) is 6.92 Å². The summed E-state index contributed by atoms with van der Waals surface area (Å²) in [6, 6.07) is 12.9. The van der Waals surface area contributed by atoms with Crippen LogP contribution in [0.2, 0.25) is 0 Å². The lowest BCUT2D eigenvalue weighted by Gasteiger charge is -2.30. The minimum absolute atomic E-state index is 0.0100. The van der Waals surface area contributed by atoms with Gasteiger partial charge in [0.1, 0.15) is 18.0 Å². The fourth-order valence-corrected chi connectivity index (χ4v) is 6.57. The largest absolute Gasteiger partial charge is 0.486 e. The Morgan fingerprint density at radius 2 is 1.76 bits per heavy atom. The summed E-state index contributed by atoms with van der Waals surface area (Å²) in [6.45, 7) is 3.92. The Kier molecular flexibility index (Phi) is 7.95. The molecule has 2 aromatic carbocycles. The monoisotopic (exact) mass is 543 g/mol. The summed E-state index contributed by atoms with van der Waals surface area (Å²) in [5, 5.41) is 0. The van der Waals surface area contributed by atoms with Crippen LogP contribution in [0.3, 0.4) is 0 Å². The van der Waals surface area contributed by atoms with Crippen molar-refractivity contribution in [2.45, 2.75) is 56.8 Å². The van der Waals surface area contributed by atoms with Crippen molar-refractivity contribution < 1.29 is 27.4 Å². The van der Waals surface area contributed by atoms with E-state index in [-0.39, 0.29) is 24.2 Å². The van der Waals surface area contributed by atoms with E-state index in [0.29, 0.717) is 56.5 Å². The summed E-state index contributed by atoms with van der Waals surface area (Å²) < 4.78 is 47.3. The Morgan fingerprint density at radius 3 is 2.47 bits per heavy atom. The van der Waals surface area contributed by atoms with Crippen LogP contribution in [-0.2, 0) is 19.7 Å². The zero-order valence-corrected chi connectivity index (χ0v) is 23.1. The zero-order chi connectivity index (χ0) is 26.9. The summed E-state index contributed by atoms with van der Waals surface area (Å²) in [6.07, 6.45) is 2.91. The van der Waals surface area contributed by atoms with Crippen molar-refractivity contribution in [1.82, 2.24) is 9.21 Å². The van der Waals surface area contributed by atoms with Crippen LogP contribution < -0.4 is 9.46 Å². The number of benzene rings is 2. The van der Waals surface area contributed by atoms with Gasteiger partial charge in [0, 0.05) is 45.0 Å². The first kappa shape index (κ1) is 26.9. The number of carbonyl (C=O) groups excluding carboxylic acids is 1. The molecule has 0 aromatic heterocycles. The molecular weight excluding hydrogens is 506 g/mol. The van der Waals surface area contributed by atoms with E-state index in [1.165, 1.54) is 4.31 Å². The van der Waals surface area contributed by atoms with Gasteiger partial charge in [0.2, 0.25) is 0 Å². The third kappa shape index (κ3) is 5.83. The minimum atomic E-state index is -3.74. The number of nitrogens with zero attached hydrogens (tertiary/aromatic N) is 2. The van der Waals surface area contributed by atoms with Crippen molar-refractivity contribution in [2.75, 3.05) is 45.2 Å². The summed E-state index contributed by atoms with van der Waals surface area (Å²) >= 11 is 0. The molecule has 3 fully saturated rings. The number of amides is 1. The van der Waals surface area contributed by atoms with Crippen LogP contribution in [-0.4, -0.2) is 82.2 Å². The molecule has 2 aromatic rings. The highest BCUT2D eigenvalue weighted by Crippen LogP contribution is 2.42. The molecule has 2 aliphatic heterocycles. The summed E-state index contributed by atoms with van der Waals surface area (Å²) in [4.78, 5) is 15.4. The molecule has 2 heterocycles. The van der Waals surface area contributed by atoms with Gasteiger partial charge >= 0.3 is 10.2 Å². The molecule has 38 heavy (non-hydrogen) atoms. The number of hydrogen-bond donors (Lipinski definition) is 1. The quantitative estimate of drug-likeness (QED) is 0.520. The molecular formula is C28H37N3O6S. The number of ether oxygens (including phenoxy) is 3. The van der Waals surface area contributed by atoms with Gasteiger partial charge in [0.15, 0.2) is 0 Å². The van der Waals surface area contributed by atoms with E-state index in [1.54, 1.807) is 38.4 Å². The fraction of sp³-hybridized carbons (Fsp3) is 0.536. The number of anilines is 1. The molecule has 0 spiro atoms. The van der Waals surface area contributed by atoms with Crippen LogP contribution in [0.1, 0.15) is 53.1 Å². The average Bonchev–Trinajstić information content (AvgIpc) is 3.68. The van der Waals surface area contributed by atoms with Crippen LogP contribution in [0.4, 0.5) is 5.69 Å². The molecule has 1 saturated carbocycles. The SMILES string of the molecule is COC1CN(C(=O)c2c(C)cccc2C2CC2)CC1Oc1cccc(NS(=O)(=O)N(C)C2CCOCC2)c1. The van der Waals surface area contributed by atoms with Gasteiger partial charge in [-0.3, -0.25) is 9.52 Å². The lowest BCUT2D eigenvalue weighted by Crippen LogP contribution is -2.43. The predicted molar refractivity (Wildman–Crippen MR) is 145 cm³/mol. The molecule has 206 valence electrons. The molecule has 2 unspecified atom stereocenters. The van der Waals surface area contributed by atoms with Crippen molar-refractivity contribution >= 4 is 21.8 Å². The van der Waals surface area contributed by atoms with Gasteiger partial charge in [-0.05, 0) is 61.8 Å². The maximum absolute atomic E-state index is 13.6. The topological polar surface area (TPSA) is 97.4 Å². The van der Waals surface area contributed by atoms with E-state index in [9.17, 15) is 13.2 Å². The van der Waals surface area contributed by atoms with Crippen LogP contribution in [0.25, 0.3) is 0 Å². The van der Waals surface area contributed by atoms with E-state index < -0.39 is 10.2 Å². The highest BCUT2D eigenvalue weighted by atomic mass is 32.2. The third-order valence-electron chi connectivity index (χ3n) is 7.79. The molecule has 1 amide bonds. The molecule has 9 nitrogen and oxygen atoms in total. The number of nitrogens with one attached hydrogen (secondary N) is 1. The summed E-state index contributed by atoms with van der Waals surface area (Å²) in [7, 11) is -0.526. The number of aryl methyl sites for hydroxylation is 1. The number of methoxy groups -OCH3 is 1. The normalized spacial score (nSPS) is 22.6. The Bertz CT molecular complexity index is 1260. The van der Waals surface area contributed by atoms with Gasteiger partial charge in [-0.25, -0.2) is 0 Å². The molecule has 1 aliphatic carbocycles. The van der Waals surface area contributed by atoms with Crippen molar-refractivity contribution in [3.63, 3.8) is 0 Å². The number of rotatable bonds is 9. The second-order valence-corrected chi connectivity index (χ2v) is 12.2. The van der Waals surface area contributed by atoms with Crippen molar-refractivity contribution in [2.24, 2.45) is 0 Å². The second kappa shape index (κ2) is 11.2. The highest BCUT2D eigenvalue weighted by molar-refractivity contribution is 7.90. The van der Waals surface area contributed by atoms with Gasteiger partial charge < -0.3 is 19.1 Å². The minimum Gasteiger partial charge on any atom is -0.486 e. The Balaban J connectivity index is 1.27. The molecule has 10 heteroatoms. The van der Waals surface area contributed by atoms with E-state index in [0.717, 1.165) is 29.5 Å². The smallest absolute Gasteiger partial charge is 0.301 e. The third-order valence-corrected chi connectivity index (χ3v) is 9.34. The molecule has 2 atom stereocenters. The Hall–Kier alpha value is -2.66. The van der Waals surface area contributed by atoms with Crippen LogP contribution >= 0.6 is 0 Å². The second-order valence-electron chi connectivity index (χ2n) is 10.4. The predicted octanol–water partition coefficient (Wildman–Crippen LogP) is 3.56. The lowest BCUT2D eigenvalue weighted by molar-refractivity contribution is 0.0340. The Morgan fingerprint density at radius 1 is 1.05 bits per heavy atom. The van der Waals surface area contributed by atoms with Gasteiger partial charge in [-0.1, -0.05) is 24.3 Å². The van der Waals surface area contributed by atoms with Crippen molar-refractivity contribution in [3.8, 4) is 5.75 Å². The number of likely N-dealkylation sites (tertiary alicyclic amines) is 1. The first-order valence-corrected chi connectivity index (χ1v) is 14.7.